The predicted molar refractivity (Wildman–Crippen MR) is 63.6 cm³/mol. The molecule has 6 nitrogen and oxygen atoms in total. The number of carboxylic acids is 1. The van der Waals surface area contributed by atoms with E-state index in [0.717, 1.165) is 0 Å². The van der Waals surface area contributed by atoms with Crippen LogP contribution in [0.3, 0.4) is 0 Å². The minimum absolute atomic E-state index is 0.0502. The van der Waals surface area contributed by atoms with Crippen LogP contribution in [0.15, 0.2) is 27.5 Å². The van der Waals surface area contributed by atoms with E-state index in [4.69, 9.17) is 9.52 Å². The summed E-state index contributed by atoms with van der Waals surface area (Å²) in [5.74, 6) is -0.234. The van der Waals surface area contributed by atoms with E-state index in [1.54, 1.807) is 26.0 Å². The van der Waals surface area contributed by atoms with Crippen molar-refractivity contribution < 1.29 is 14.3 Å². The molecule has 0 radical (unpaired) electrons. The van der Waals surface area contributed by atoms with Crippen molar-refractivity contribution in [2.45, 2.75) is 20.4 Å². The lowest BCUT2D eigenvalue weighted by atomic mass is 10.2. The van der Waals surface area contributed by atoms with Crippen molar-refractivity contribution in [2.75, 3.05) is 0 Å². The fourth-order valence-corrected chi connectivity index (χ4v) is 1.62. The van der Waals surface area contributed by atoms with Crippen molar-refractivity contribution >= 4 is 5.97 Å². The van der Waals surface area contributed by atoms with Crippen LogP contribution >= 0.6 is 0 Å². The lowest BCUT2D eigenvalue weighted by molar-refractivity contribution is 0.0696. The van der Waals surface area contributed by atoms with Crippen LogP contribution < -0.4 is 5.69 Å². The summed E-state index contributed by atoms with van der Waals surface area (Å²) in [5.41, 5.74) is -0.484. The molecule has 0 fully saturated rings. The number of furan rings is 1. The van der Waals surface area contributed by atoms with Gasteiger partial charge in [-0.25, -0.2) is 9.59 Å². The molecule has 0 aromatic carbocycles. The number of nitrogens with zero attached hydrogens (tertiary/aromatic N) is 2. The highest BCUT2D eigenvalue weighted by molar-refractivity contribution is 5.93. The topological polar surface area (TPSA) is 85.3 Å². The fourth-order valence-electron chi connectivity index (χ4n) is 1.62. The number of aryl methyl sites for hydroxylation is 2. The Labute approximate surface area is 103 Å². The maximum Gasteiger partial charge on any atom is 0.348 e. The zero-order valence-electron chi connectivity index (χ0n) is 10.0. The molecule has 0 amide bonds. The highest BCUT2D eigenvalue weighted by Crippen LogP contribution is 2.22. The molecular weight excluding hydrogens is 236 g/mol. The summed E-state index contributed by atoms with van der Waals surface area (Å²) in [6.45, 7) is 3.84. The third-order valence-electron chi connectivity index (χ3n) is 2.54. The Bertz CT molecular complexity index is 654. The Morgan fingerprint density at radius 3 is 2.72 bits per heavy atom. The molecule has 18 heavy (non-hydrogen) atoms. The summed E-state index contributed by atoms with van der Waals surface area (Å²) < 4.78 is 6.55. The average Bonchev–Trinajstić information content (AvgIpc) is 2.75. The minimum atomic E-state index is -1.14. The zero-order chi connectivity index (χ0) is 13.3. The molecule has 0 saturated heterocycles. The van der Waals surface area contributed by atoms with Crippen molar-refractivity contribution in [1.29, 1.82) is 0 Å². The summed E-state index contributed by atoms with van der Waals surface area (Å²) in [4.78, 5) is 26.6. The first-order valence-electron chi connectivity index (χ1n) is 5.44. The lowest BCUT2D eigenvalue weighted by Gasteiger charge is -2.06. The van der Waals surface area contributed by atoms with Crippen LogP contribution in [-0.4, -0.2) is 20.6 Å². The van der Waals surface area contributed by atoms with Crippen LogP contribution in [-0.2, 0) is 6.54 Å². The van der Waals surface area contributed by atoms with E-state index in [1.165, 1.54) is 10.8 Å². The van der Waals surface area contributed by atoms with E-state index in [1.807, 2.05) is 0 Å². The SMILES string of the molecule is CCn1cc(C(=O)O)c(-c2ccc(C)o2)nc1=O. The Morgan fingerprint density at radius 2 is 2.22 bits per heavy atom. The van der Waals surface area contributed by atoms with Crippen molar-refractivity contribution in [3.05, 3.63) is 40.1 Å². The highest BCUT2D eigenvalue weighted by Gasteiger charge is 2.18. The van der Waals surface area contributed by atoms with Crippen molar-refractivity contribution in [3.63, 3.8) is 0 Å². The summed E-state index contributed by atoms with van der Waals surface area (Å²) in [5, 5.41) is 9.15. The molecule has 94 valence electrons. The molecule has 0 atom stereocenters. The van der Waals surface area contributed by atoms with E-state index in [0.29, 0.717) is 12.3 Å². The van der Waals surface area contributed by atoms with Crippen LogP contribution in [0.2, 0.25) is 0 Å². The Hall–Kier alpha value is -2.37. The quantitative estimate of drug-likeness (QED) is 0.890. The van der Waals surface area contributed by atoms with Crippen molar-refractivity contribution in [1.82, 2.24) is 9.55 Å². The normalized spacial score (nSPS) is 10.6. The molecule has 2 aromatic rings. The third kappa shape index (κ3) is 2.04. The van der Waals surface area contributed by atoms with Gasteiger partial charge in [0.2, 0.25) is 0 Å². The van der Waals surface area contributed by atoms with Crippen LogP contribution in [0.5, 0.6) is 0 Å². The summed E-state index contributed by atoms with van der Waals surface area (Å²) in [7, 11) is 0. The molecule has 0 spiro atoms. The predicted octanol–water partition coefficient (Wildman–Crippen LogP) is 1.53. The second-order valence-electron chi connectivity index (χ2n) is 3.79. The lowest BCUT2D eigenvalue weighted by Crippen LogP contribution is -2.24. The molecule has 1 N–H and O–H groups in total. The summed E-state index contributed by atoms with van der Waals surface area (Å²) in [6, 6.07) is 3.29. The van der Waals surface area contributed by atoms with E-state index < -0.39 is 11.7 Å². The average molecular weight is 248 g/mol. The molecule has 0 bridgehead atoms. The van der Waals surface area contributed by atoms with Gasteiger partial charge in [-0.05, 0) is 26.0 Å². The molecule has 2 rings (SSSR count). The van der Waals surface area contributed by atoms with Gasteiger partial charge in [-0.2, -0.15) is 4.98 Å². The second-order valence-corrected chi connectivity index (χ2v) is 3.79. The molecular formula is C12H12N2O4. The largest absolute Gasteiger partial charge is 0.478 e. The second kappa shape index (κ2) is 4.48. The molecule has 6 heteroatoms. The third-order valence-corrected chi connectivity index (χ3v) is 2.54. The van der Waals surface area contributed by atoms with Gasteiger partial charge < -0.3 is 9.52 Å². The van der Waals surface area contributed by atoms with Gasteiger partial charge in [0.15, 0.2) is 5.76 Å². The number of carbonyl (C=O) groups is 1. The summed E-state index contributed by atoms with van der Waals surface area (Å²) in [6.07, 6.45) is 1.28. The van der Waals surface area contributed by atoms with Gasteiger partial charge >= 0.3 is 11.7 Å². The number of rotatable bonds is 3. The Balaban J connectivity index is 2.69. The van der Waals surface area contributed by atoms with Gasteiger partial charge in [-0.1, -0.05) is 0 Å². The summed E-state index contributed by atoms with van der Waals surface area (Å²) >= 11 is 0. The molecule has 0 unspecified atom stereocenters. The first-order valence-corrected chi connectivity index (χ1v) is 5.44. The number of hydrogen-bond acceptors (Lipinski definition) is 4. The first-order chi connectivity index (χ1) is 8.52. The standard InChI is InChI=1S/C12H12N2O4/c1-3-14-6-8(11(15)16)10(13-12(14)17)9-5-4-7(2)18-9/h4-6H,3H2,1-2H3,(H,15,16). The van der Waals surface area contributed by atoms with Crippen LogP contribution in [0.25, 0.3) is 11.5 Å². The number of aromatic nitrogens is 2. The molecule has 0 aliphatic heterocycles. The number of aromatic carboxylic acids is 1. The van der Waals surface area contributed by atoms with Gasteiger partial charge in [0.25, 0.3) is 0 Å². The smallest absolute Gasteiger partial charge is 0.348 e. The van der Waals surface area contributed by atoms with Gasteiger partial charge in [0, 0.05) is 12.7 Å². The highest BCUT2D eigenvalue weighted by atomic mass is 16.4. The molecule has 0 aliphatic carbocycles. The van der Waals surface area contributed by atoms with Crippen LogP contribution in [0.1, 0.15) is 23.0 Å². The van der Waals surface area contributed by atoms with Gasteiger partial charge in [0.1, 0.15) is 17.0 Å². The fraction of sp³-hybridized carbons (Fsp3) is 0.250. The maximum atomic E-state index is 11.6. The molecule has 0 aliphatic rings. The van der Waals surface area contributed by atoms with Crippen molar-refractivity contribution in [2.24, 2.45) is 0 Å². The van der Waals surface area contributed by atoms with Gasteiger partial charge in [-0.15, -0.1) is 0 Å². The minimum Gasteiger partial charge on any atom is -0.478 e. The Kier molecular flexibility index (Phi) is 3.01. The van der Waals surface area contributed by atoms with Crippen LogP contribution in [0.4, 0.5) is 0 Å². The molecule has 0 saturated carbocycles. The van der Waals surface area contributed by atoms with Gasteiger partial charge in [0.05, 0.1) is 0 Å². The van der Waals surface area contributed by atoms with E-state index in [2.05, 4.69) is 4.98 Å². The number of hydrogen-bond donors (Lipinski definition) is 1. The number of carboxylic acid groups (broad SMARTS) is 1. The Morgan fingerprint density at radius 1 is 1.50 bits per heavy atom. The molecule has 2 heterocycles. The maximum absolute atomic E-state index is 11.6. The zero-order valence-corrected chi connectivity index (χ0v) is 10.0. The van der Waals surface area contributed by atoms with Gasteiger partial charge in [-0.3, -0.25) is 4.57 Å². The van der Waals surface area contributed by atoms with E-state index in [-0.39, 0.29) is 17.0 Å². The molecule has 2 aromatic heterocycles. The van der Waals surface area contributed by atoms with E-state index in [9.17, 15) is 9.59 Å². The van der Waals surface area contributed by atoms with E-state index >= 15 is 0 Å². The van der Waals surface area contributed by atoms with Crippen molar-refractivity contribution in [3.8, 4) is 11.5 Å². The monoisotopic (exact) mass is 248 g/mol. The first kappa shape index (κ1) is 12.1. The van der Waals surface area contributed by atoms with Crippen LogP contribution in [0, 0.1) is 6.92 Å².